The maximum Gasteiger partial charge on any atom is 0.146 e. The van der Waals surface area contributed by atoms with Crippen molar-refractivity contribution in [2.75, 3.05) is 18.5 Å². The van der Waals surface area contributed by atoms with Gasteiger partial charge in [0.15, 0.2) is 0 Å². The van der Waals surface area contributed by atoms with E-state index in [0.717, 1.165) is 18.8 Å². The minimum absolute atomic E-state index is 0.281. The zero-order valence-corrected chi connectivity index (χ0v) is 10.8. The molecular weight excluding hydrogens is 220 g/mol. The smallest absolute Gasteiger partial charge is 0.146 e. The second-order valence-electron chi connectivity index (χ2n) is 4.23. The lowest BCUT2D eigenvalue weighted by molar-refractivity contribution is 0.583. The summed E-state index contributed by atoms with van der Waals surface area (Å²) < 4.78 is 0. The van der Waals surface area contributed by atoms with Gasteiger partial charge < -0.3 is 10.6 Å². The molecule has 88 valence electrons. The van der Waals surface area contributed by atoms with Crippen LogP contribution in [0.25, 0.3) is 0 Å². The highest BCUT2D eigenvalue weighted by Crippen LogP contribution is 2.09. The summed E-state index contributed by atoms with van der Waals surface area (Å²) >= 11 is 4.82. The average Bonchev–Trinajstić information content (AvgIpc) is 2.26. The Kier molecular flexibility index (Phi) is 4.61. The largest absolute Gasteiger partial charge is 0.388 e. The van der Waals surface area contributed by atoms with Crippen LogP contribution < -0.4 is 10.6 Å². The molecule has 0 amide bonds. The Hall–Kier alpha value is -1.23. The first-order valence-corrected chi connectivity index (χ1v) is 5.74. The number of hydrogen-bond donors (Lipinski definition) is 1. The Morgan fingerprint density at radius 1 is 1.44 bits per heavy atom. The van der Waals surface area contributed by atoms with E-state index in [4.69, 9.17) is 18.0 Å². The van der Waals surface area contributed by atoms with Crippen LogP contribution in [0, 0.1) is 5.92 Å². The summed E-state index contributed by atoms with van der Waals surface area (Å²) in [5.41, 5.74) is 6.02. The fourth-order valence-corrected chi connectivity index (χ4v) is 1.32. The summed E-state index contributed by atoms with van der Waals surface area (Å²) in [5, 5.41) is 0. The molecule has 1 aromatic heterocycles. The summed E-state index contributed by atoms with van der Waals surface area (Å²) in [6, 6.07) is 0. The summed E-state index contributed by atoms with van der Waals surface area (Å²) in [7, 11) is 2.01. The van der Waals surface area contributed by atoms with Gasteiger partial charge >= 0.3 is 0 Å². The molecule has 5 heteroatoms. The van der Waals surface area contributed by atoms with Crippen molar-refractivity contribution < 1.29 is 0 Å². The van der Waals surface area contributed by atoms with Gasteiger partial charge in [-0.1, -0.05) is 26.1 Å². The van der Waals surface area contributed by atoms with Gasteiger partial charge in [-0.3, -0.25) is 0 Å². The summed E-state index contributed by atoms with van der Waals surface area (Å²) in [6.45, 7) is 5.38. The maximum atomic E-state index is 5.45. The highest BCUT2D eigenvalue weighted by molar-refractivity contribution is 7.80. The van der Waals surface area contributed by atoms with Gasteiger partial charge in [-0.15, -0.1) is 0 Å². The zero-order chi connectivity index (χ0) is 12.1. The van der Waals surface area contributed by atoms with Gasteiger partial charge in [-0.25, -0.2) is 9.97 Å². The van der Waals surface area contributed by atoms with E-state index in [1.54, 1.807) is 12.4 Å². The quantitative estimate of drug-likeness (QED) is 0.790. The third-order valence-corrected chi connectivity index (χ3v) is 2.53. The molecule has 0 saturated carbocycles. The van der Waals surface area contributed by atoms with E-state index >= 15 is 0 Å². The number of nitrogens with two attached hydrogens (primary N) is 1. The van der Waals surface area contributed by atoms with Crippen molar-refractivity contribution >= 4 is 23.0 Å². The van der Waals surface area contributed by atoms with Gasteiger partial charge in [-0.05, 0) is 12.3 Å². The molecule has 2 N–H and O–H groups in total. The first-order chi connectivity index (χ1) is 7.50. The summed E-state index contributed by atoms with van der Waals surface area (Å²) in [5.74, 6) is 1.53. The van der Waals surface area contributed by atoms with Crippen molar-refractivity contribution in [3.8, 4) is 0 Å². The number of anilines is 1. The average molecular weight is 238 g/mol. The van der Waals surface area contributed by atoms with Crippen molar-refractivity contribution in [3.05, 3.63) is 18.1 Å². The van der Waals surface area contributed by atoms with E-state index in [9.17, 15) is 0 Å². The third-order valence-electron chi connectivity index (χ3n) is 2.32. The van der Waals surface area contributed by atoms with Gasteiger partial charge in [0.25, 0.3) is 0 Å². The molecule has 0 aliphatic carbocycles. The molecule has 0 fully saturated rings. The molecule has 0 aliphatic rings. The molecule has 0 unspecified atom stereocenters. The Morgan fingerprint density at radius 2 is 2.12 bits per heavy atom. The van der Waals surface area contributed by atoms with E-state index in [2.05, 4.69) is 28.7 Å². The van der Waals surface area contributed by atoms with Gasteiger partial charge in [0.1, 0.15) is 16.5 Å². The molecule has 0 atom stereocenters. The predicted octanol–water partition coefficient (Wildman–Crippen LogP) is 1.59. The molecule has 4 nitrogen and oxygen atoms in total. The lowest BCUT2D eigenvalue weighted by Gasteiger charge is -2.18. The second-order valence-corrected chi connectivity index (χ2v) is 4.67. The van der Waals surface area contributed by atoms with Crippen molar-refractivity contribution in [2.24, 2.45) is 11.7 Å². The van der Waals surface area contributed by atoms with Crippen LogP contribution in [0.15, 0.2) is 12.4 Å². The van der Waals surface area contributed by atoms with Crippen LogP contribution in [-0.2, 0) is 0 Å². The van der Waals surface area contributed by atoms with E-state index in [0.29, 0.717) is 11.6 Å². The van der Waals surface area contributed by atoms with Gasteiger partial charge in [0, 0.05) is 13.6 Å². The van der Waals surface area contributed by atoms with Crippen LogP contribution in [0.1, 0.15) is 26.0 Å². The topological polar surface area (TPSA) is 55.0 Å². The van der Waals surface area contributed by atoms with Crippen LogP contribution in [0.3, 0.4) is 0 Å². The summed E-state index contributed by atoms with van der Waals surface area (Å²) in [6.07, 6.45) is 4.45. The Morgan fingerprint density at radius 3 is 2.56 bits per heavy atom. The van der Waals surface area contributed by atoms with E-state index < -0.39 is 0 Å². The second kappa shape index (κ2) is 5.75. The lowest BCUT2D eigenvalue weighted by Crippen LogP contribution is -2.22. The van der Waals surface area contributed by atoms with Crippen molar-refractivity contribution in [3.63, 3.8) is 0 Å². The number of hydrogen-bond acceptors (Lipinski definition) is 4. The fraction of sp³-hybridized carbons (Fsp3) is 0.545. The van der Waals surface area contributed by atoms with Crippen LogP contribution in [0.5, 0.6) is 0 Å². The predicted molar refractivity (Wildman–Crippen MR) is 70.6 cm³/mol. The molecule has 0 bridgehead atoms. The maximum absolute atomic E-state index is 5.45. The molecular formula is C11H18N4S. The molecule has 16 heavy (non-hydrogen) atoms. The van der Waals surface area contributed by atoms with Crippen molar-refractivity contribution in [2.45, 2.75) is 20.3 Å². The third kappa shape index (κ3) is 3.73. The normalized spacial score (nSPS) is 10.5. The van der Waals surface area contributed by atoms with Crippen LogP contribution in [0.2, 0.25) is 0 Å². The van der Waals surface area contributed by atoms with Crippen LogP contribution >= 0.6 is 12.2 Å². The molecule has 0 aromatic carbocycles. The van der Waals surface area contributed by atoms with Crippen molar-refractivity contribution in [1.29, 1.82) is 0 Å². The fourth-order valence-electron chi connectivity index (χ4n) is 1.21. The Labute approximate surface area is 102 Å². The zero-order valence-electron chi connectivity index (χ0n) is 9.97. The number of rotatable bonds is 5. The molecule has 1 aromatic rings. The number of nitrogens with zero attached hydrogens (tertiary/aromatic N) is 3. The van der Waals surface area contributed by atoms with E-state index in [1.165, 1.54) is 0 Å². The monoisotopic (exact) mass is 238 g/mol. The number of aromatic nitrogens is 2. The van der Waals surface area contributed by atoms with Gasteiger partial charge in [-0.2, -0.15) is 0 Å². The van der Waals surface area contributed by atoms with Gasteiger partial charge in [0.05, 0.1) is 12.4 Å². The highest BCUT2D eigenvalue weighted by Gasteiger charge is 2.05. The van der Waals surface area contributed by atoms with Crippen LogP contribution in [-0.4, -0.2) is 28.5 Å². The standard InChI is InChI=1S/C11H18N4S/c1-8(2)4-5-15(3)10-7-13-9(6-14-10)11(12)16/h6-8H,4-5H2,1-3H3,(H2,12,16). The van der Waals surface area contributed by atoms with E-state index in [-0.39, 0.29) is 4.99 Å². The SMILES string of the molecule is CC(C)CCN(C)c1cnc(C(N)=S)cn1. The minimum Gasteiger partial charge on any atom is -0.388 e. The molecule has 0 aliphatic heterocycles. The van der Waals surface area contributed by atoms with Gasteiger partial charge in [0.2, 0.25) is 0 Å². The highest BCUT2D eigenvalue weighted by atomic mass is 32.1. The molecule has 0 saturated heterocycles. The molecule has 1 heterocycles. The Bertz CT molecular complexity index is 348. The first kappa shape index (κ1) is 12.8. The van der Waals surface area contributed by atoms with E-state index in [1.807, 2.05) is 7.05 Å². The molecule has 1 rings (SSSR count). The first-order valence-electron chi connectivity index (χ1n) is 5.33. The molecule has 0 spiro atoms. The molecule has 0 radical (unpaired) electrons. The number of thiocarbonyl (C=S) groups is 1. The van der Waals surface area contributed by atoms with Crippen LogP contribution in [0.4, 0.5) is 5.82 Å². The summed E-state index contributed by atoms with van der Waals surface area (Å²) in [4.78, 5) is 10.8. The minimum atomic E-state index is 0.281. The Balaban J connectivity index is 2.63. The van der Waals surface area contributed by atoms with Crippen molar-refractivity contribution in [1.82, 2.24) is 9.97 Å². The lowest BCUT2D eigenvalue weighted by atomic mass is 10.1.